The second kappa shape index (κ2) is 54.4. The number of ether oxygens (including phenoxy) is 3. The highest BCUT2D eigenvalue weighted by Crippen LogP contribution is 2.56. The largest absolute Gasteiger partial charge is 0.481 e. The maximum atomic E-state index is 13.0. The predicted molar refractivity (Wildman–Crippen MR) is 473 cm³/mol. The number of alkyl halides is 2. The van der Waals surface area contributed by atoms with Crippen LogP contribution in [0.1, 0.15) is 292 Å². The zero-order chi connectivity index (χ0) is 94.8. The zero-order valence-corrected chi connectivity index (χ0v) is 79.5. The number of hydrogen-bond donors (Lipinski definition) is 9. The highest BCUT2D eigenvalue weighted by Gasteiger charge is 2.67. The molecule has 32 nitrogen and oxygen atoms in total. The van der Waals surface area contributed by atoms with Crippen LogP contribution in [0.2, 0.25) is 0 Å². The quantitative estimate of drug-likeness (QED) is 0.0248. The molecular weight excluding hydrogens is 1620 g/mol. The number of likely N-dealkylation sites (tertiary alicyclic amines) is 5. The number of rotatable bonds is 29. The molecule has 8 heterocycles. The van der Waals surface area contributed by atoms with Crippen molar-refractivity contribution in [3.05, 3.63) is 0 Å². The van der Waals surface area contributed by atoms with Gasteiger partial charge in [0, 0.05) is 137 Å². The summed E-state index contributed by atoms with van der Waals surface area (Å²) in [6.07, 6.45) is 19.4. The first-order valence-electron chi connectivity index (χ1n) is 46.4. The molecule has 8 aliphatic heterocycles. The van der Waals surface area contributed by atoms with E-state index in [1.807, 2.05) is 46.4 Å². The van der Waals surface area contributed by atoms with Crippen LogP contribution in [-0.2, 0) is 67.0 Å². The summed E-state index contributed by atoms with van der Waals surface area (Å²) >= 11 is 0. The van der Waals surface area contributed by atoms with Crippen molar-refractivity contribution in [1.29, 1.82) is 0 Å². The summed E-state index contributed by atoms with van der Waals surface area (Å²) in [7, 11) is 1.41. The molecule has 9 N–H and O–H groups in total. The molecule has 0 bridgehead atoms. The maximum Gasteiger partial charge on any atom is 0.325 e. The highest BCUT2D eigenvalue weighted by atomic mass is 19.3. The molecule has 11 rings (SSSR count). The Labute approximate surface area is 744 Å². The number of unbranched alkanes of at least 4 members (excludes halogenated alkanes) is 3. The van der Waals surface area contributed by atoms with Gasteiger partial charge in [0.25, 0.3) is 5.92 Å². The smallest absolute Gasteiger partial charge is 0.325 e. The molecule has 0 aromatic carbocycles. The van der Waals surface area contributed by atoms with Crippen LogP contribution in [0.3, 0.4) is 0 Å². The first-order valence-corrected chi connectivity index (χ1v) is 46.4. The van der Waals surface area contributed by atoms with Gasteiger partial charge in [-0.15, -0.1) is 0 Å². The first kappa shape index (κ1) is 113. The second-order valence-electron chi connectivity index (χ2n) is 38.2. The van der Waals surface area contributed by atoms with E-state index in [4.69, 9.17) is 39.7 Å². The van der Waals surface area contributed by atoms with Gasteiger partial charge < -0.3 is 64.8 Å². The molecule has 0 radical (unpaired) electrons. The summed E-state index contributed by atoms with van der Waals surface area (Å²) in [5, 5.41) is 74.5. The Kier molecular flexibility index (Phi) is 49.2. The number of carbonyl (C=O) groups is 11. The molecule has 11 aliphatic rings. The number of Topliss-reactive ketones (excluding diaryl/α,β-unsaturated/α-hetero) is 1. The molecule has 2 unspecified atom stereocenters. The Morgan fingerprint density at radius 3 is 1.17 bits per heavy atom. The summed E-state index contributed by atoms with van der Waals surface area (Å²) in [6, 6.07) is 1.56. The van der Waals surface area contributed by atoms with E-state index in [0.29, 0.717) is 113 Å². The van der Waals surface area contributed by atoms with Gasteiger partial charge in [0.1, 0.15) is 40.5 Å². The van der Waals surface area contributed by atoms with Crippen LogP contribution in [-0.4, -0.2) is 363 Å². The number of aliphatic carboxylic acids is 8. The van der Waals surface area contributed by atoms with E-state index in [9.17, 15) is 76.8 Å². The van der Waals surface area contributed by atoms with Crippen LogP contribution >= 0.6 is 0 Å². The lowest BCUT2D eigenvalue weighted by molar-refractivity contribution is -0.155. The SMILES string of the molecule is CC(=O)CCCCCCC(=O)N1CCN(C(C)C)[C@H](C(=O)O)C1.CC(C)N1CCC(F)(F)C[C@H]1C(=O)O.CC(C)N1CCCC[C@@H]1CC(=O)O.CC(C)N1CCCC[C@H]1CC(=O)O.CC(C)N1CCC[C@@H]2C[C@@]21C(=O)O.CC(C)N1CCC[C@H]2C[C@]21C(=O)O.CC(C)N1CCOCC1CC(=O)O.CC(C)NC1(C(=O)O)CC1.COC(=O)C1COCCN1C(C)C. The van der Waals surface area contributed by atoms with Crippen molar-refractivity contribution in [2.24, 2.45) is 11.8 Å². The minimum Gasteiger partial charge on any atom is -0.481 e. The third-order valence-corrected chi connectivity index (χ3v) is 25.9. The van der Waals surface area contributed by atoms with Crippen molar-refractivity contribution in [2.45, 2.75) is 405 Å². The lowest BCUT2D eigenvalue weighted by atomic mass is 9.97. The van der Waals surface area contributed by atoms with Crippen LogP contribution in [0.5, 0.6) is 0 Å². The number of morpholine rings is 2. The van der Waals surface area contributed by atoms with Crippen LogP contribution in [0.25, 0.3) is 0 Å². The molecule has 0 aromatic heterocycles. The van der Waals surface area contributed by atoms with Gasteiger partial charge >= 0.3 is 53.7 Å². The number of carbonyl (C=O) groups excluding carboxylic acids is 3. The van der Waals surface area contributed by atoms with Crippen molar-refractivity contribution in [3.8, 4) is 0 Å². The Balaban J connectivity index is 0.000000366. The molecule has 1 amide bonds. The number of halogens is 2. The van der Waals surface area contributed by atoms with E-state index < -0.39 is 88.8 Å². The number of esters is 1. The van der Waals surface area contributed by atoms with Gasteiger partial charge in [-0.3, -0.25) is 92.5 Å². The molecular formula is C91H164F2N10O22. The second-order valence-corrected chi connectivity index (χ2v) is 38.2. The number of ketones is 1. The van der Waals surface area contributed by atoms with Crippen LogP contribution in [0.15, 0.2) is 0 Å². The number of piperazine rings is 1. The summed E-state index contributed by atoms with van der Waals surface area (Å²) in [5.74, 6) is -7.92. The lowest BCUT2D eigenvalue weighted by Gasteiger charge is -2.41. The predicted octanol–water partition coefficient (Wildman–Crippen LogP) is 11.1. The van der Waals surface area contributed by atoms with E-state index in [0.717, 1.165) is 129 Å². The first-order chi connectivity index (χ1) is 58.4. The Morgan fingerprint density at radius 2 is 0.808 bits per heavy atom. The molecule has 0 aromatic rings. The van der Waals surface area contributed by atoms with Gasteiger partial charge in [0.15, 0.2) is 0 Å². The molecule has 0 spiro atoms. The fourth-order valence-electron chi connectivity index (χ4n) is 19.1. The third kappa shape index (κ3) is 36.9. The Morgan fingerprint density at radius 1 is 0.408 bits per heavy atom. The number of carboxylic acids is 8. The van der Waals surface area contributed by atoms with Crippen molar-refractivity contribution < 1.29 is 117 Å². The molecule has 8 saturated heterocycles. The monoisotopic (exact) mass is 1790 g/mol. The van der Waals surface area contributed by atoms with Gasteiger partial charge in [-0.05, 0) is 259 Å². The fourth-order valence-corrected chi connectivity index (χ4v) is 19.1. The molecule has 3 saturated carbocycles. The van der Waals surface area contributed by atoms with Crippen LogP contribution in [0.4, 0.5) is 8.78 Å². The van der Waals surface area contributed by atoms with Gasteiger partial charge in [-0.1, -0.05) is 25.7 Å². The van der Waals surface area contributed by atoms with Crippen molar-refractivity contribution in [1.82, 2.24) is 49.4 Å². The van der Waals surface area contributed by atoms with Crippen molar-refractivity contribution in [2.75, 3.05) is 99.0 Å². The number of carboxylic acid groups (broad SMARTS) is 8. The average molecular weight is 1790 g/mol. The number of hydrogen-bond acceptors (Lipinski definition) is 23. The van der Waals surface area contributed by atoms with Gasteiger partial charge in [-0.2, -0.15) is 0 Å². The summed E-state index contributed by atoms with van der Waals surface area (Å²) in [5.41, 5.74) is -1.49. The van der Waals surface area contributed by atoms with E-state index in [1.165, 1.54) is 32.8 Å². The van der Waals surface area contributed by atoms with Crippen molar-refractivity contribution >= 4 is 65.4 Å². The highest BCUT2D eigenvalue weighted by molar-refractivity contribution is 5.85. The Hall–Kier alpha value is -6.21. The normalized spacial score (nSPS) is 26.8. The standard InChI is InChI=1S/C17H30N2O4.2C10H17NO2.2C10H19NO2.C9H15F2NO2.2C9H17NO3.C7H13NO2/c1-13(2)19-11-10-18(12-15(19)17(22)23)16(21)9-7-5-4-6-8-14(3)20;2*1-7(2)11-5-3-4-8-6-10(8,11)9(12)13;2*1-8(2)11-6-4-3-5-9(11)7-10(12)13;1-6(2)12-4-3-9(10,11)5-7(12)8(13)14;1-7(2)10-4-5-13-6-8(10)9(11)12-3;1-7(2)10-3-4-13-6-8(10)5-9(11)12;1-5(2)8-7(3-4-7)6(9)10/h13,15H,4-12H2,1-3H3,(H,22,23);2*7-8H,3-6H2,1-2H3,(H,12,13);2*8-9H,3-7H2,1-2H3,(H,12,13);6-7H,3-5H2,1-2H3,(H,13,14);7-8H,4-6H2,1-3H3;7-8H,3-6H2,1-2H3,(H,11,12);5,8H,3-4H2,1-2H3,(H,9,10)/t15-;2*8-,10+;2*9-;7-;;;/m010100.../s1. The van der Waals surface area contributed by atoms with Crippen LogP contribution < -0.4 is 5.32 Å². The zero-order valence-electron chi connectivity index (χ0n) is 79.5. The average Bonchev–Trinajstić information content (AvgIpc) is 1.56. The topological polar surface area (TPSA) is 418 Å². The summed E-state index contributed by atoms with van der Waals surface area (Å²) in [4.78, 5) is 140. The van der Waals surface area contributed by atoms with Gasteiger partial charge in [0.05, 0.1) is 52.8 Å². The van der Waals surface area contributed by atoms with Gasteiger partial charge in [0.2, 0.25) is 5.91 Å². The fraction of sp³-hybridized carbons (Fsp3) is 0.879. The number of fused-ring (bicyclic) bond motifs is 2. The van der Waals surface area contributed by atoms with E-state index in [-0.39, 0.29) is 85.9 Å². The number of amides is 1. The third-order valence-electron chi connectivity index (χ3n) is 25.9. The molecule has 724 valence electrons. The molecule has 10 atom stereocenters. The summed E-state index contributed by atoms with van der Waals surface area (Å²) < 4.78 is 41.1. The van der Waals surface area contributed by atoms with Crippen molar-refractivity contribution in [3.63, 3.8) is 0 Å². The van der Waals surface area contributed by atoms with E-state index in [2.05, 4.69) is 118 Å². The molecule has 3 aliphatic carbocycles. The molecule has 125 heavy (non-hydrogen) atoms. The number of nitrogens with zero attached hydrogens (tertiary/aromatic N) is 9. The minimum absolute atomic E-state index is 0.00722. The number of nitrogens with one attached hydrogen (secondary N) is 1. The molecule has 11 fully saturated rings. The Bertz CT molecular complexity index is 3180. The number of methoxy groups -OCH3 is 1. The molecule has 34 heteroatoms. The van der Waals surface area contributed by atoms with Gasteiger partial charge in [-0.25, -0.2) is 8.78 Å². The minimum atomic E-state index is -2.82. The van der Waals surface area contributed by atoms with Crippen LogP contribution in [0, 0.1) is 11.8 Å². The summed E-state index contributed by atoms with van der Waals surface area (Å²) in [6.45, 7) is 48.1. The lowest BCUT2D eigenvalue weighted by Crippen LogP contribution is -2.59. The number of piperidine rings is 5. The van der Waals surface area contributed by atoms with E-state index >= 15 is 0 Å². The van der Waals surface area contributed by atoms with E-state index in [1.54, 1.807) is 16.7 Å². The maximum absolute atomic E-state index is 13.0.